The highest BCUT2D eigenvalue weighted by Gasteiger charge is 2.08. The van der Waals surface area contributed by atoms with Gasteiger partial charge in [0.25, 0.3) is 0 Å². The SMILES string of the molecule is I[SiH2][SiH2]N1CCSCC1. The quantitative estimate of drug-likeness (QED) is 0.385. The van der Waals surface area contributed by atoms with E-state index in [0.717, 1.165) is 0 Å². The largest absolute Gasteiger partial charge is 0.329 e. The van der Waals surface area contributed by atoms with Crippen LogP contribution in [0, 0.1) is 0 Å². The standard InChI is InChI=1S/C4H12INSSi2/c5-8-9-6-1-3-7-4-2-6/h1-4,8-9H2. The monoisotopic (exact) mass is 289 g/mol. The van der Waals surface area contributed by atoms with Gasteiger partial charge in [-0.2, -0.15) is 11.8 Å². The molecule has 1 aliphatic heterocycles. The second-order valence-corrected chi connectivity index (χ2v) is 17.3. The van der Waals surface area contributed by atoms with Gasteiger partial charge in [0, 0.05) is 11.5 Å². The van der Waals surface area contributed by atoms with E-state index in [1.807, 2.05) is 0 Å². The van der Waals surface area contributed by atoms with Crippen LogP contribution in [0.15, 0.2) is 0 Å². The molecule has 0 saturated carbocycles. The lowest BCUT2D eigenvalue weighted by Gasteiger charge is -2.24. The van der Waals surface area contributed by atoms with Crippen LogP contribution >= 0.6 is 33.6 Å². The van der Waals surface area contributed by atoms with E-state index in [1.165, 1.54) is 24.6 Å². The van der Waals surface area contributed by atoms with Gasteiger partial charge in [-0.1, -0.05) is 0 Å². The Kier molecular flexibility index (Phi) is 4.92. The molecule has 1 saturated heterocycles. The lowest BCUT2D eigenvalue weighted by atomic mass is 10.6. The van der Waals surface area contributed by atoms with Crippen LogP contribution in [0.25, 0.3) is 0 Å². The van der Waals surface area contributed by atoms with Crippen LogP contribution in [0.2, 0.25) is 0 Å². The zero-order valence-corrected chi connectivity index (χ0v) is 11.3. The number of hydrogen-bond donors (Lipinski definition) is 0. The highest BCUT2D eigenvalue weighted by Crippen LogP contribution is 2.07. The summed E-state index contributed by atoms with van der Waals surface area (Å²) in [6.45, 7) is 3.21. The van der Waals surface area contributed by atoms with Crippen LogP contribution in [-0.4, -0.2) is 44.9 Å². The van der Waals surface area contributed by atoms with Gasteiger partial charge in [-0.25, -0.2) is 0 Å². The molecule has 0 aromatic rings. The van der Waals surface area contributed by atoms with E-state index in [9.17, 15) is 0 Å². The number of hydrogen-bond acceptors (Lipinski definition) is 2. The third kappa shape index (κ3) is 3.40. The molecule has 0 N–H and O–H groups in total. The molecule has 0 aromatic heterocycles. The van der Waals surface area contributed by atoms with Crippen molar-refractivity contribution in [2.75, 3.05) is 24.6 Å². The van der Waals surface area contributed by atoms with Crippen molar-refractivity contribution in [1.29, 1.82) is 0 Å². The van der Waals surface area contributed by atoms with Gasteiger partial charge in [0.2, 0.25) is 0 Å². The average Bonchev–Trinajstić information content (AvgIpc) is 1.91. The third-order valence-electron chi connectivity index (χ3n) is 1.50. The van der Waals surface area contributed by atoms with Gasteiger partial charge in [-0.3, -0.25) is 0 Å². The first-order chi connectivity index (χ1) is 4.43. The van der Waals surface area contributed by atoms with Gasteiger partial charge in [0.1, 0.15) is 0 Å². The van der Waals surface area contributed by atoms with E-state index < -0.39 is 0 Å². The summed E-state index contributed by atoms with van der Waals surface area (Å²) in [4.78, 5) is 0. The van der Waals surface area contributed by atoms with E-state index >= 15 is 0 Å². The van der Waals surface area contributed by atoms with Crippen molar-refractivity contribution in [3.8, 4) is 0 Å². The van der Waals surface area contributed by atoms with Crippen molar-refractivity contribution in [3.63, 3.8) is 0 Å². The maximum absolute atomic E-state index is 2.75. The zero-order valence-electron chi connectivity index (χ0n) is 5.48. The maximum atomic E-state index is 2.75. The van der Waals surface area contributed by atoms with Crippen LogP contribution in [0.4, 0.5) is 0 Å². The van der Waals surface area contributed by atoms with Crippen LogP contribution in [0.1, 0.15) is 0 Å². The summed E-state index contributed by atoms with van der Waals surface area (Å²) in [6.07, 6.45) is 0. The van der Waals surface area contributed by atoms with Crippen molar-refractivity contribution >= 4 is 49.3 Å². The first-order valence-electron chi connectivity index (χ1n) is 3.29. The fourth-order valence-electron chi connectivity index (χ4n) is 0.944. The van der Waals surface area contributed by atoms with Gasteiger partial charge < -0.3 is 4.57 Å². The molecular weight excluding hydrogens is 277 g/mol. The highest BCUT2D eigenvalue weighted by atomic mass is 127. The van der Waals surface area contributed by atoms with Crippen molar-refractivity contribution in [2.45, 2.75) is 0 Å². The Morgan fingerprint density at radius 1 is 1.33 bits per heavy atom. The Morgan fingerprint density at radius 3 is 2.56 bits per heavy atom. The van der Waals surface area contributed by atoms with Crippen LogP contribution in [0.5, 0.6) is 0 Å². The van der Waals surface area contributed by atoms with Gasteiger partial charge in [-0.15, -0.1) is 21.8 Å². The molecule has 0 aliphatic carbocycles. The number of nitrogens with zero attached hydrogens (tertiary/aromatic N) is 1. The van der Waals surface area contributed by atoms with Crippen molar-refractivity contribution in [3.05, 3.63) is 0 Å². The van der Waals surface area contributed by atoms with Crippen LogP contribution < -0.4 is 0 Å². The second kappa shape index (κ2) is 5.17. The number of rotatable bonds is 2. The summed E-state index contributed by atoms with van der Waals surface area (Å²) >= 11 is 4.76. The number of halogens is 1. The molecule has 0 aromatic carbocycles. The molecule has 0 bridgehead atoms. The molecule has 1 rings (SSSR count). The molecule has 0 atom stereocenters. The molecule has 0 spiro atoms. The Morgan fingerprint density at radius 2 is 2.00 bits per heavy atom. The van der Waals surface area contributed by atoms with Gasteiger partial charge in [0.05, 0.1) is 15.7 Å². The average molecular weight is 289 g/mol. The first-order valence-corrected chi connectivity index (χ1v) is 14.2. The maximum Gasteiger partial charge on any atom is 0.0973 e. The minimum Gasteiger partial charge on any atom is -0.329 e. The smallest absolute Gasteiger partial charge is 0.0973 e. The summed E-state index contributed by atoms with van der Waals surface area (Å²) in [5.74, 6) is 2.80. The Hall–Kier alpha value is 1.47. The molecule has 0 radical (unpaired) electrons. The van der Waals surface area contributed by atoms with Crippen molar-refractivity contribution in [1.82, 2.24) is 4.57 Å². The Bertz CT molecular complexity index is 76.2. The molecule has 54 valence electrons. The zero-order chi connectivity index (χ0) is 6.53. The third-order valence-corrected chi connectivity index (χ3v) is 10.6. The minimum absolute atomic E-state index is 0.321. The number of thioether (sulfide) groups is 1. The predicted octanol–water partition coefficient (Wildman–Crippen LogP) is -0.447. The summed E-state index contributed by atoms with van der Waals surface area (Å²) in [7, 11) is 0.321. The molecule has 0 unspecified atom stereocenters. The lowest BCUT2D eigenvalue weighted by Crippen LogP contribution is -2.37. The predicted molar refractivity (Wildman–Crippen MR) is 60.0 cm³/mol. The Balaban J connectivity index is 2.08. The van der Waals surface area contributed by atoms with E-state index in [1.54, 1.807) is 0 Å². The second-order valence-electron chi connectivity index (χ2n) is 2.14. The Labute approximate surface area is 78.1 Å². The van der Waals surface area contributed by atoms with Crippen LogP contribution in [-0.2, 0) is 0 Å². The van der Waals surface area contributed by atoms with Crippen molar-refractivity contribution < 1.29 is 0 Å². The molecule has 1 nitrogen and oxygen atoms in total. The van der Waals surface area contributed by atoms with E-state index in [0.29, 0.717) is 15.7 Å². The first kappa shape index (κ1) is 8.57. The molecule has 5 heteroatoms. The fourth-order valence-corrected chi connectivity index (χ4v) is 11.6. The summed E-state index contributed by atoms with van der Waals surface area (Å²) < 4.78 is 2.75. The molecule has 1 heterocycles. The van der Waals surface area contributed by atoms with Gasteiger partial charge in [-0.05, 0) is 13.1 Å². The molecule has 9 heavy (non-hydrogen) atoms. The fraction of sp³-hybridized carbons (Fsp3) is 1.00. The van der Waals surface area contributed by atoms with Crippen molar-refractivity contribution in [2.24, 2.45) is 0 Å². The normalized spacial score (nSPS) is 25.0. The lowest BCUT2D eigenvalue weighted by molar-refractivity contribution is 0.499. The molecular formula is C4H12INSSi2. The summed E-state index contributed by atoms with van der Waals surface area (Å²) in [5.41, 5.74) is 0. The van der Waals surface area contributed by atoms with Crippen LogP contribution in [0.3, 0.4) is 0 Å². The molecule has 1 aliphatic rings. The highest BCUT2D eigenvalue weighted by molar-refractivity contribution is 14.1. The topological polar surface area (TPSA) is 3.24 Å². The molecule has 0 amide bonds. The van der Waals surface area contributed by atoms with E-state index in [2.05, 4.69) is 38.1 Å². The van der Waals surface area contributed by atoms with Gasteiger partial charge >= 0.3 is 0 Å². The van der Waals surface area contributed by atoms with Gasteiger partial charge in [0.15, 0.2) is 0 Å². The molecule has 1 fully saturated rings. The van der Waals surface area contributed by atoms with E-state index in [-0.39, 0.29) is 0 Å². The minimum atomic E-state index is 0.321. The summed E-state index contributed by atoms with van der Waals surface area (Å²) in [6, 6.07) is 0. The van der Waals surface area contributed by atoms with E-state index in [4.69, 9.17) is 0 Å². The summed E-state index contributed by atoms with van der Waals surface area (Å²) in [5, 5.41) is 0.